The quantitative estimate of drug-likeness (QED) is 0.545. The standard InChI is InChI=1S/C8H20NO.C2H4O2/c1-5-8(4)9(10,6-2)7-3;1-2(3)4/h8,10H,5-7H2,1-4H3;1H3,(H,3,4)/q+1;/p-1. The van der Waals surface area contributed by atoms with Crippen molar-refractivity contribution in [3.63, 3.8) is 0 Å². The van der Waals surface area contributed by atoms with Crippen LogP contribution in [0.2, 0.25) is 0 Å². The summed E-state index contributed by atoms with van der Waals surface area (Å²) in [5, 5.41) is 18.7. The Morgan fingerprint density at radius 1 is 1.36 bits per heavy atom. The minimum Gasteiger partial charge on any atom is -0.550 e. The maximum Gasteiger partial charge on any atom is 0.116 e. The van der Waals surface area contributed by atoms with E-state index in [1.54, 1.807) is 0 Å². The third-order valence-corrected chi connectivity index (χ3v) is 2.51. The fourth-order valence-corrected chi connectivity index (χ4v) is 1.19. The van der Waals surface area contributed by atoms with Gasteiger partial charge in [0.2, 0.25) is 0 Å². The third-order valence-electron chi connectivity index (χ3n) is 2.51. The van der Waals surface area contributed by atoms with E-state index in [1.807, 2.05) is 13.8 Å². The highest BCUT2D eigenvalue weighted by molar-refractivity contribution is 5.60. The maximum absolute atomic E-state index is 9.83. The molecule has 14 heavy (non-hydrogen) atoms. The van der Waals surface area contributed by atoms with Crippen LogP contribution in [0.25, 0.3) is 0 Å². The van der Waals surface area contributed by atoms with E-state index in [2.05, 4.69) is 13.8 Å². The highest BCUT2D eigenvalue weighted by Crippen LogP contribution is 2.11. The van der Waals surface area contributed by atoms with Crippen molar-refractivity contribution in [1.82, 2.24) is 0 Å². The summed E-state index contributed by atoms with van der Waals surface area (Å²) in [6.07, 6.45) is 1.04. The van der Waals surface area contributed by atoms with Gasteiger partial charge in [-0.1, -0.05) is 6.92 Å². The zero-order valence-electron chi connectivity index (χ0n) is 9.91. The molecule has 0 saturated heterocycles. The Kier molecular flexibility index (Phi) is 8.79. The highest BCUT2D eigenvalue weighted by Gasteiger charge is 2.26. The van der Waals surface area contributed by atoms with Crippen molar-refractivity contribution in [2.24, 2.45) is 0 Å². The van der Waals surface area contributed by atoms with E-state index in [4.69, 9.17) is 9.90 Å². The van der Waals surface area contributed by atoms with Crippen LogP contribution in [-0.4, -0.2) is 35.0 Å². The molecule has 0 radical (unpaired) electrons. The molecule has 0 aliphatic heterocycles. The van der Waals surface area contributed by atoms with Crippen LogP contribution in [-0.2, 0) is 4.79 Å². The highest BCUT2D eigenvalue weighted by atomic mass is 16.5. The van der Waals surface area contributed by atoms with E-state index in [0.29, 0.717) is 6.04 Å². The predicted octanol–water partition coefficient (Wildman–Crippen LogP) is 0.787. The fraction of sp³-hybridized carbons (Fsp3) is 0.900. The predicted molar refractivity (Wildman–Crippen MR) is 53.6 cm³/mol. The van der Waals surface area contributed by atoms with Gasteiger partial charge in [0.1, 0.15) is 19.1 Å². The lowest BCUT2D eigenvalue weighted by molar-refractivity contribution is -1.12. The summed E-state index contributed by atoms with van der Waals surface area (Å²) >= 11 is 0. The van der Waals surface area contributed by atoms with Crippen molar-refractivity contribution < 1.29 is 19.8 Å². The lowest BCUT2D eigenvalue weighted by atomic mass is 10.2. The number of hydrogen-bond donors (Lipinski definition) is 1. The summed E-state index contributed by atoms with van der Waals surface area (Å²) in [4.78, 5) is 8.89. The Balaban J connectivity index is 0. The molecule has 1 atom stereocenters. The zero-order valence-corrected chi connectivity index (χ0v) is 9.91. The summed E-state index contributed by atoms with van der Waals surface area (Å²) in [6, 6.07) is 0.370. The number of quaternary nitrogens is 1. The van der Waals surface area contributed by atoms with E-state index in [-0.39, 0.29) is 4.65 Å². The number of carboxylic acid groups (broad SMARTS) is 1. The molecule has 86 valence electrons. The summed E-state index contributed by atoms with van der Waals surface area (Å²) < 4.78 is 0.219. The molecule has 0 bridgehead atoms. The number of hydrogen-bond acceptors (Lipinski definition) is 3. The summed E-state index contributed by atoms with van der Waals surface area (Å²) in [5.41, 5.74) is 0. The maximum atomic E-state index is 9.83. The summed E-state index contributed by atoms with van der Waals surface area (Å²) in [7, 11) is 0. The van der Waals surface area contributed by atoms with Gasteiger partial charge in [0.05, 0.1) is 0 Å². The molecule has 0 fully saturated rings. The number of carboxylic acids is 1. The van der Waals surface area contributed by atoms with Crippen molar-refractivity contribution in [3.05, 3.63) is 0 Å². The molecule has 0 aromatic heterocycles. The van der Waals surface area contributed by atoms with Crippen LogP contribution in [0.4, 0.5) is 0 Å². The monoisotopic (exact) mass is 205 g/mol. The van der Waals surface area contributed by atoms with Crippen molar-refractivity contribution in [2.45, 2.75) is 47.1 Å². The van der Waals surface area contributed by atoms with E-state index in [9.17, 15) is 5.21 Å². The van der Waals surface area contributed by atoms with E-state index in [0.717, 1.165) is 26.4 Å². The molecular weight excluding hydrogens is 182 g/mol. The molecular formula is C10H23NO3. The molecule has 0 heterocycles. The van der Waals surface area contributed by atoms with Crippen LogP contribution >= 0.6 is 0 Å². The van der Waals surface area contributed by atoms with Crippen molar-refractivity contribution >= 4 is 5.97 Å². The Bertz CT molecular complexity index is 151. The Labute approximate surface area is 86.7 Å². The Morgan fingerprint density at radius 2 is 1.64 bits per heavy atom. The topological polar surface area (TPSA) is 60.4 Å². The Morgan fingerprint density at radius 3 is 1.71 bits per heavy atom. The smallest absolute Gasteiger partial charge is 0.116 e. The Hall–Kier alpha value is -0.610. The average Bonchev–Trinajstić information content (AvgIpc) is 2.14. The zero-order chi connectivity index (χ0) is 11.8. The number of nitrogens with zero attached hydrogens (tertiary/aromatic N) is 1. The summed E-state index contributed by atoms with van der Waals surface area (Å²) in [5.74, 6) is -1.08. The molecule has 0 saturated carbocycles. The first-order valence-corrected chi connectivity index (χ1v) is 5.11. The van der Waals surface area contributed by atoms with Crippen LogP contribution in [0.5, 0.6) is 0 Å². The number of hydroxylamine groups is 3. The van der Waals surface area contributed by atoms with Crippen molar-refractivity contribution in [1.29, 1.82) is 0 Å². The molecule has 0 rings (SSSR count). The van der Waals surface area contributed by atoms with E-state index < -0.39 is 5.97 Å². The van der Waals surface area contributed by atoms with Crippen molar-refractivity contribution in [2.75, 3.05) is 13.1 Å². The number of carbonyl (C=O) groups is 1. The molecule has 1 N–H and O–H groups in total. The normalized spacial score (nSPS) is 12.7. The number of carbonyl (C=O) groups excluding carboxylic acids is 1. The van der Waals surface area contributed by atoms with Gasteiger partial charge in [0.15, 0.2) is 0 Å². The van der Waals surface area contributed by atoms with E-state index >= 15 is 0 Å². The molecule has 4 heteroatoms. The second-order valence-electron chi connectivity index (χ2n) is 3.37. The minimum absolute atomic E-state index is 0.219. The second-order valence-corrected chi connectivity index (χ2v) is 3.37. The van der Waals surface area contributed by atoms with Crippen LogP contribution in [0.3, 0.4) is 0 Å². The van der Waals surface area contributed by atoms with Gasteiger partial charge in [0.25, 0.3) is 0 Å². The van der Waals surface area contributed by atoms with Gasteiger partial charge in [0, 0.05) is 5.97 Å². The molecule has 0 aromatic rings. The lowest BCUT2D eigenvalue weighted by Gasteiger charge is -2.33. The number of aliphatic carboxylic acids is 1. The van der Waals surface area contributed by atoms with Crippen LogP contribution in [0.15, 0.2) is 0 Å². The molecule has 1 unspecified atom stereocenters. The van der Waals surface area contributed by atoms with Gasteiger partial charge in [-0.2, -0.15) is 4.65 Å². The third kappa shape index (κ3) is 6.86. The molecule has 0 aliphatic rings. The molecule has 0 aliphatic carbocycles. The lowest BCUT2D eigenvalue weighted by Crippen LogP contribution is -2.50. The van der Waals surface area contributed by atoms with E-state index in [1.165, 1.54) is 0 Å². The molecule has 0 amide bonds. The van der Waals surface area contributed by atoms with Crippen LogP contribution < -0.4 is 5.11 Å². The van der Waals surface area contributed by atoms with Crippen LogP contribution in [0, 0.1) is 0 Å². The van der Waals surface area contributed by atoms with Gasteiger partial charge in [-0.15, -0.1) is 0 Å². The summed E-state index contributed by atoms with van der Waals surface area (Å²) in [6.45, 7) is 10.8. The largest absolute Gasteiger partial charge is 0.550 e. The molecule has 0 aromatic carbocycles. The van der Waals surface area contributed by atoms with Gasteiger partial charge >= 0.3 is 0 Å². The fourth-order valence-electron chi connectivity index (χ4n) is 1.19. The molecule has 0 spiro atoms. The number of rotatable bonds is 4. The van der Waals surface area contributed by atoms with Gasteiger partial charge in [-0.05, 0) is 34.1 Å². The first kappa shape index (κ1) is 15.8. The SMILES string of the molecule is CC(=O)[O-].CCC(C)[N+](O)(CC)CC. The second kappa shape index (κ2) is 7.76. The van der Waals surface area contributed by atoms with Crippen molar-refractivity contribution in [3.8, 4) is 0 Å². The first-order chi connectivity index (χ1) is 6.33. The average molecular weight is 205 g/mol. The first-order valence-electron chi connectivity index (χ1n) is 5.11. The van der Waals surface area contributed by atoms with Gasteiger partial charge < -0.3 is 9.90 Å². The van der Waals surface area contributed by atoms with Gasteiger partial charge in [-0.3, -0.25) is 0 Å². The minimum atomic E-state index is -1.08. The molecule has 4 nitrogen and oxygen atoms in total. The van der Waals surface area contributed by atoms with Crippen LogP contribution in [0.1, 0.15) is 41.0 Å². The van der Waals surface area contributed by atoms with Gasteiger partial charge in [-0.25, -0.2) is 5.21 Å².